The van der Waals surface area contributed by atoms with Gasteiger partial charge in [0.15, 0.2) is 56.3 Å². The highest BCUT2D eigenvalue weighted by Gasteiger charge is 2.88. The molecule has 0 amide bonds. The van der Waals surface area contributed by atoms with E-state index in [-0.39, 0.29) is 0 Å². The Morgan fingerprint density at radius 2 is 0.245 bits per heavy atom. The van der Waals surface area contributed by atoms with Crippen molar-refractivity contribution < 1.29 is 5.11 Å². The molecule has 36 heteroatoms. The lowest BCUT2D eigenvalue weighted by atomic mass is 9.96. The molecule has 0 aromatic carbocycles. The fourth-order valence-corrected chi connectivity index (χ4v) is 14.6. The molecule has 0 heterocycles. The van der Waals surface area contributed by atoms with Gasteiger partial charge in [-0.25, -0.2) is 0 Å². The maximum atomic E-state index is 12.4. The Hall–Kier alpha value is 10.1. The SMILES string of the molecule is [O]C(Cl)(Cl)C(Cl)(Cl)C(Cl)(Cl)C(Cl)(Cl)C(Cl)(Cl)C(Cl)(Cl)C(Cl)(Cl)C(Cl)(Cl)C(Cl)(Cl)C(Cl)(Cl)C(Cl)(Cl)C(Cl)(Cl)C(Cl)(Cl)C(Cl)(Cl)C(Cl)(Cl)C(Cl)(Cl)C(Cl)(Cl)Cl. The van der Waals surface area contributed by atoms with E-state index in [4.69, 9.17) is 406 Å². The number of halogens is 35. The molecular formula is C17Cl35O. The molecule has 0 rings (SSSR count). The molecule has 1 radical (unpaired) electrons. The predicted octanol–water partition coefficient (Wildman–Crippen LogP) is 20.5. The van der Waals surface area contributed by atoms with Gasteiger partial charge in [0.05, 0.1) is 0 Å². The molecule has 0 saturated carbocycles. The second-order valence-electron chi connectivity index (χ2n) is 9.63. The third kappa shape index (κ3) is 9.45. The van der Waals surface area contributed by atoms with Crippen LogP contribution in [0.2, 0.25) is 0 Å². The van der Waals surface area contributed by atoms with E-state index in [0.29, 0.717) is 0 Å². The van der Waals surface area contributed by atoms with Crippen LogP contribution < -0.4 is 0 Å². The molecule has 1 nitrogen and oxygen atoms in total. The van der Waals surface area contributed by atoms with Gasteiger partial charge in [0.1, 0.15) is 0 Å². The number of rotatable bonds is 15. The molecule has 0 N–H and O–H groups in total. The third-order valence-electron chi connectivity index (χ3n) is 6.24. The van der Waals surface area contributed by atoms with Crippen LogP contribution in [0.25, 0.3) is 0 Å². The normalized spacial score (nSPS) is 17.4. The third-order valence-corrected chi connectivity index (χ3v) is 31.0. The molecule has 0 bridgehead atoms. The monoisotopic (exact) mass is 1440 g/mol. The summed E-state index contributed by atoms with van der Waals surface area (Å²) in [5, 5.41) is 12.4. The van der Waals surface area contributed by atoms with Gasteiger partial charge in [0.25, 0.3) is 4.52 Å². The number of hydrogen-bond donors (Lipinski definition) is 0. The minimum Gasteiger partial charge on any atom is -0.190 e. The van der Waals surface area contributed by atoms with E-state index >= 15 is 0 Å². The zero-order chi connectivity index (χ0) is 44.5. The van der Waals surface area contributed by atoms with E-state index in [9.17, 15) is 5.11 Å². The lowest BCUT2D eigenvalue weighted by Crippen LogP contribution is -2.76. The Labute approximate surface area is 476 Å². The Kier molecular flexibility index (Phi) is 22.0. The summed E-state index contributed by atoms with van der Waals surface area (Å²) in [6, 6.07) is 0. The predicted molar refractivity (Wildman–Crippen MR) is 252 cm³/mol. The van der Waals surface area contributed by atoms with E-state index in [0.717, 1.165) is 0 Å². The molecule has 53 heavy (non-hydrogen) atoms. The standard InChI is InChI=1S/C17Cl35O/c18-1(19,2(20,21)4(24,25)6(28,29)8(32,33)10(36,37)12(40,41)14(44,45)16(48,49)50)3(22,23)5(26,27)7(30,31)9(34,35)11(38,39)13(42,43)15(46,47)17(51,52)53. The summed E-state index contributed by atoms with van der Waals surface area (Å²) in [5.41, 5.74) is 0. The van der Waals surface area contributed by atoms with Crippen LogP contribution in [0.3, 0.4) is 0 Å². The van der Waals surface area contributed by atoms with E-state index in [2.05, 4.69) is 0 Å². The fourth-order valence-electron chi connectivity index (χ4n) is 2.92. The van der Waals surface area contributed by atoms with Crippen LogP contribution in [0, 0.1) is 0 Å². The minimum atomic E-state index is -3.70. The van der Waals surface area contributed by atoms with Crippen LogP contribution in [0.1, 0.15) is 0 Å². The van der Waals surface area contributed by atoms with Crippen LogP contribution in [0.4, 0.5) is 0 Å². The molecular weight excluding hydrogens is 1460 g/mol. The second-order valence-corrected chi connectivity index (χ2v) is 33.1. The second kappa shape index (κ2) is 18.5. The molecule has 0 unspecified atom stereocenters. The van der Waals surface area contributed by atoms with Crippen LogP contribution in [0.15, 0.2) is 0 Å². The molecule has 0 aromatic heterocycles. The summed E-state index contributed by atoms with van der Waals surface area (Å²) in [4.78, 5) is 0. The van der Waals surface area contributed by atoms with Crippen molar-refractivity contribution in [1.29, 1.82) is 0 Å². The van der Waals surface area contributed by atoms with Gasteiger partial charge in [-0.15, -0.1) is 0 Å². The van der Waals surface area contributed by atoms with Gasteiger partial charge in [-0.2, -0.15) is 5.11 Å². The van der Waals surface area contributed by atoms with E-state index in [1.165, 1.54) is 0 Å². The van der Waals surface area contributed by atoms with Crippen LogP contribution in [-0.4, -0.2) is 73.3 Å². The van der Waals surface area contributed by atoms with Crippen molar-refractivity contribution in [3.05, 3.63) is 0 Å². The quantitative estimate of drug-likeness (QED) is 0.146. The van der Waals surface area contributed by atoms with Gasteiger partial charge in [-0.3, -0.25) is 0 Å². The number of alkyl halides is 35. The fraction of sp³-hybridized carbons (Fsp3) is 1.00. The minimum absolute atomic E-state index is 2.86. The average molecular weight is 1460 g/mol. The van der Waals surface area contributed by atoms with Crippen molar-refractivity contribution in [2.24, 2.45) is 0 Å². The van der Waals surface area contributed by atoms with Crippen molar-refractivity contribution >= 4 is 406 Å². The lowest BCUT2D eigenvalue weighted by Gasteiger charge is -2.58. The van der Waals surface area contributed by atoms with Crippen molar-refractivity contribution in [2.45, 2.75) is 73.3 Å². The molecule has 0 atom stereocenters. The summed E-state index contributed by atoms with van der Waals surface area (Å²) < 4.78 is -59.5. The number of hydrogen-bond acceptors (Lipinski definition) is 0. The largest absolute Gasteiger partial charge is 0.286 e. The molecule has 319 valence electrons. The summed E-state index contributed by atoms with van der Waals surface area (Å²) in [6.07, 6.45) is 0. The average Bonchev–Trinajstić information content (AvgIpc) is 2.89. The zero-order valence-corrected chi connectivity index (χ0v) is 48.6. The first-order chi connectivity index (χ1) is 22.0. The van der Waals surface area contributed by atoms with Crippen molar-refractivity contribution in [2.75, 3.05) is 0 Å². The first-order valence-electron chi connectivity index (χ1n) is 10.8. The zero-order valence-electron chi connectivity index (χ0n) is 22.1. The van der Waals surface area contributed by atoms with Gasteiger partial charge in [0.2, 0.25) is 12.5 Å². The van der Waals surface area contributed by atoms with Crippen LogP contribution >= 0.6 is 406 Å². The van der Waals surface area contributed by atoms with E-state index in [1.807, 2.05) is 0 Å². The molecule has 0 saturated heterocycles. The van der Waals surface area contributed by atoms with Crippen molar-refractivity contribution in [3.8, 4) is 0 Å². The Balaban J connectivity index is 7.78. The van der Waals surface area contributed by atoms with Gasteiger partial charge >= 0.3 is 0 Å². The van der Waals surface area contributed by atoms with E-state index < -0.39 is 73.3 Å². The maximum absolute atomic E-state index is 12.4. The summed E-state index contributed by atoms with van der Waals surface area (Å²) in [7, 11) is 0. The molecule has 0 aliphatic rings. The molecule has 0 fully saturated rings. The highest BCUT2D eigenvalue weighted by atomic mass is 35.6. The molecule has 0 spiro atoms. The first kappa shape index (κ1) is 63.1. The lowest BCUT2D eigenvalue weighted by molar-refractivity contribution is 0.0980. The van der Waals surface area contributed by atoms with Crippen LogP contribution in [0.5, 0.6) is 0 Å². The van der Waals surface area contributed by atoms with Gasteiger partial charge in [-0.05, 0) is 0 Å². The molecule has 0 aliphatic heterocycles. The Bertz CT molecular complexity index is 1240. The van der Waals surface area contributed by atoms with Crippen molar-refractivity contribution in [1.82, 2.24) is 0 Å². The highest BCUT2D eigenvalue weighted by molar-refractivity contribution is 6.86. The van der Waals surface area contributed by atoms with E-state index in [1.54, 1.807) is 0 Å². The van der Waals surface area contributed by atoms with Crippen LogP contribution in [-0.2, 0) is 5.11 Å². The Morgan fingerprint density at radius 3 is 0.340 bits per heavy atom. The van der Waals surface area contributed by atoms with Gasteiger partial charge in [0, 0.05) is 0 Å². The molecule has 0 aromatic rings. The smallest absolute Gasteiger partial charge is 0.190 e. The first-order valence-corrected chi connectivity index (χ1v) is 24.0. The summed E-state index contributed by atoms with van der Waals surface area (Å²) >= 11 is 219. The Morgan fingerprint density at radius 1 is 0.151 bits per heavy atom. The summed E-state index contributed by atoms with van der Waals surface area (Å²) in [6.45, 7) is 0. The molecule has 0 aliphatic carbocycles. The summed E-state index contributed by atoms with van der Waals surface area (Å²) in [5.74, 6) is 0. The maximum Gasteiger partial charge on any atom is 0.286 e. The van der Waals surface area contributed by atoms with Gasteiger partial charge < -0.3 is 0 Å². The highest BCUT2D eigenvalue weighted by Crippen LogP contribution is 2.78. The van der Waals surface area contributed by atoms with Crippen molar-refractivity contribution in [3.63, 3.8) is 0 Å². The van der Waals surface area contributed by atoms with Gasteiger partial charge in [-0.1, -0.05) is 406 Å². The topological polar surface area (TPSA) is 19.9 Å².